The second kappa shape index (κ2) is 5.21. The molecule has 3 rings (SSSR count). The Morgan fingerprint density at radius 3 is 2.74 bits per heavy atom. The molecule has 4 nitrogen and oxygen atoms in total. The van der Waals surface area contributed by atoms with Gasteiger partial charge in [0.25, 0.3) is 0 Å². The number of hydrogen-bond donors (Lipinski definition) is 1. The molecule has 3 atom stereocenters. The molecule has 1 saturated carbocycles. The lowest BCUT2D eigenvalue weighted by molar-refractivity contribution is 0.160. The van der Waals surface area contributed by atoms with Crippen LogP contribution >= 0.6 is 0 Å². The van der Waals surface area contributed by atoms with Crippen LogP contribution in [0, 0.1) is 11.8 Å². The Morgan fingerprint density at radius 2 is 2.00 bits per heavy atom. The SMILES string of the molecule is NC1CCCC2CN(C(=O)Oc3ccccc3)CC12. The summed E-state index contributed by atoms with van der Waals surface area (Å²) in [5.41, 5.74) is 6.16. The van der Waals surface area contributed by atoms with Gasteiger partial charge < -0.3 is 15.4 Å². The number of nitrogens with zero attached hydrogens (tertiary/aromatic N) is 1. The van der Waals surface area contributed by atoms with Gasteiger partial charge in [0.2, 0.25) is 0 Å². The van der Waals surface area contributed by atoms with Crippen molar-refractivity contribution in [2.45, 2.75) is 25.3 Å². The zero-order valence-electron chi connectivity index (χ0n) is 11.0. The van der Waals surface area contributed by atoms with Crippen molar-refractivity contribution in [2.24, 2.45) is 17.6 Å². The first-order valence-electron chi connectivity index (χ1n) is 7.01. The number of ether oxygens (including phenoxy) is 1. The van der Waals surface area contributed by atoms with Crippen LogP contribution in [0.4, 0.5) is 4.79 Å². The first kappa shape index (κ1) is 12.5. The molecule has 1 amide bonds. The molecule has 0 spiro atoms. The van der Waals surface area contributed by atoms with E-state index in [-0.39, 0.29) is 12.1 Å². The molecule has 1 aromatic carbocycles. The van der Waals surface area contributed by atoms with E-state index in [4.69, 9.17) is 10.5 Å². The third-order valence-electron chi connectivity index (χ3n) is 4.36. The lowest BCUT2D eigenvalue weighted by Gasteiger charge is -2.29. The molecule has 1 saturated heterocycles. The summed E-state index contributed by atoms with van der Waals surface area (Å²) in [6, 6.07) is 9.47. The van der Waals surface area contributed by atoms with Gasteiger partial charge in [0.05, 0.1) is 0 Å². The van der Waals surface area contributed by atoms with Crippen molar-refractivity contribution >= 4 is 6.09 Å². The molecule has 0 radical (unpaired) electrons. The van der Waals surface area contributed by atoms with Gasteiger partial charge in [-0.1, -0.05) is 24.6 Å². The Labute approximate surface area is 113 Å². The summed E-state index contributed by atoms with van der Waals surface area (Å²) >= 11 is 0. The zero-order chi connectivity index (χ0) is 13.2. The van der Waals surface area contributed by atoms with Crippen LogP contribution in [0.3, 0.4) is 0 Å². The normalized spacial score (nSPS) is 29.9. The molecule has 0 bridgehead atoms. The Morgan fingerprint density at radius 1 is 1.21 bits per heavy atom. The monoisotopic (exact) mass is 260 g/mol. The van der Waals surface area contributed by atoms with Crippen molar-refractivity contribution in [2.75, 3.05) is 13.1 Å². The quantitative estimate of drug-likeness (QED) is 0.842. The first-order valence-corrected chi connectivity index (χ1v) is 7.01. The molecule has 19 heavy (non-hydrogen) atoms. The van der Waals surface area contributed by atoms with Gasteiger partial charge in [-0.05, 0) is 36.8 Å². The van der Waals surface area contributed by atoms with Gasteiger partial charge in [-0.3, -0.25) is 0 Å². The van der Waals surface area contributed by atoms with E-state index in [0.717, 1.165) is 19.5 Å². The van der Waals surface area contributed by atoms with Crippen LogP contribution in [0.5, 0.6) is 5.75 Å². The number of para-hydroxylation sites is 1. The highest BCUT2D eigenvalue weighted by molar-refractivity contribution is 5.71. The van der Waals surface area contributed by atoms with Gasteiger partial charge in [-0.2, -0.15) is 0 Å². The summed E-state index contributed by atoms with van der Waals surface area (Å²) in [5.74, 6) is 1.62. The number of fused-ring (bicyclic) bond motifs is 1. The second-order valence-corrected chi connectivity index (χ2v) is 5.60. The number of hydrogen-bond acceptors (Lipinski definition) is 3. The Bertz CT molecular complexity index is 449. The molecule has 2 fully saturated rings. The van der Waals surface area contributed by atoms with E-state index in [0.29, 0.717) is 17.6 Å². The van der Waals surface area contributed by atoms with Crippen molar-refractivity contribution < 1.29 is 9.53 Å². The van der Waals surface area contributed by atoms with Gasteiger partial charge in [0.1, 0.15) is 5.75 Å². The van der Waals surface area contributed by atoms with Crippen molar-refractivity contribution in [3.05, 3.63) is 30.3 Å². The molecular weight excluding hydrogens is 240 g/mol. The molecular formula is C15H20N2O2. The topological polar surface area (TPSA) is 55.6 Å². The largest absolute Gasteiger partial charge is 0.415 e. The predicted molar refractivity (Wildman–Crippen MR) is 72.8 cm³/mol. The minimum atomic E-state index is -0.243. The van der Waals surface area contributed by atoms with Gasteiger partial charge in [0, 0.05) is 19.1 Å². The minimum Gasteiger partial charge on any atom is -0.410 e. The number of nitrogens with two attached hydrogens (primary N) is 1. The lowest BCUT2D eigenvalue weighted by atomic mass is 9.78. The lowest BCUT2D eigenvalue weighted by Crippen LogP contribution is -2.38. The number of likely N-dealkylation sites (tertiary alicyclic amines) is 1. The van der Waals surface area contributed by atoms with Crippen molar-refractivity contribution in [1.82, 2.24) is 4.90 Å². The summed E-state index contributed by atoms with van der Waals surface area (Å²) in [7, 11) is 0. The van der Waals surface area contributed by atoms with Crippen molar-refractivity contribution in [1.29, 1.82) is 0 Å². The molecule has 1 heterocycles. The Kier molecular flexibility index (Phi) is 3.42. The van der Waals surface area contributed by atoms with E-state index < -0.39 is 0 Å². The van der Waals surface area contributed by atoms with E-state index in [1.165, 1.54) is 12.8 Å². The first-order chi connectivity index (χ1) is 9.24. The standard InChI is InChI=1S/C15H20N2O2/c16-14-8-4-5-11-9-17(10-13(11)14)15(18)19-12-6-2-1-3-7-12/h1-3,6-7,11,13-14H,4-5,8-10,16H2. The van der Waals surface area contributed by atoms with E-state index in [1.54, 1.807) is 12.1 Å². The number of amides is 1. The fraction of sp³-hybridized carbons (Fsp3) is 0.533. The zero-order valence-corrected chi connectivity index (χ0v) is 11.0. The summed E-state index contributed by atoms with van der Waals surface area (Å²) in [6.07, 6.45) is 3.22. The van der Waals surface area contributed by atoms with Gasteiger partial charge in [-0.25, -0.2) is 4.79 Å². The van der Waals surface area contributed by atoms with E-state index in [2.05, 4.69) is 0 Å². The van der Waals surface area contributed by atoms with Gasteiger partial charge in [0.15, 0.2) is 0 Å². The predicted octanol–water partition coefficient (Wildman–Crippen LogP) is 2.24. The third-order valence-corrected chi connectivity index (χ3v) is 4.36. The molecule has 0 aromatic heterocycles. The highest BCUT2D eigenvalue weighted by atomic mass is 16.6. The molecule has 2 aliphatic rings. The smallest absolute Gasteiger partial charge is 0.410 e. The molecule has 1 aliphatic carbocycles. The summed E-state index contributed by atoms with van der Waals surface area (Å²) < 4.78 is 5.39. The van der Waals surface area contributed by atoms with Crippen LogP contribution in [-0.4, -0.2) is 30.1 Å². The molecule has 4 heteroatoms. The second-order valence-electron chi connectivity index (χ2n) is 5.60. The maximum absolute atomic E-state index is 12.1. The highest BCUT2D eigenvalue weighted by Crippen LogP contribution is 2.35. The number of carbonyl (C=O) groups is 1. The van der Waals surface area contributed by atoms with Gasteiger partial charge in [-0.15, -0.1) is 0 Å². The van der Waals surface area contributed by atoms with Crippen molar-refractivity contribution in [3.8, 4) is 5.75 Å². The van der Waals surface area contributed by atoms with Crippen LogP contribution in [0.2, 0.25) is 0 Å². The van der Waals surface area contributed by atoms with Crippen LogP contribution in [0.25, 0.3) is 0 Å². The van der Waals surface area contributed by atoms with Crippen LogP contribution in [-0.2, 0) is 0 Å². The van der Waals surface area contributed by atoms with Crippen LogP contribution < -0.4 is 10.5 Å². The summed E-state index contributed by atoms with van der Waals surface area (Å²) in [6.45, 7) is 1.54. The maximum Gasteiger partial charge on any atom is 0.415 e. The summed E-state index contributed by atoms with van der Waals surface area (Å²) in [4.78, 5) is 13.9. The highest BCUT2D eigenvalue weighted by Gasteiger charge is 2.40. The fourth-order valence-corrected chi connectivity index (χ4v) is 3.32. The molecule has 3 unspecified atom stereocenters. The third kappa shape index (κ3) is 2.59. The molecule has 102 valence electrons. The van der Waals surface area contributed by atoms with E-state index in [9.17, 15) is 4.79 Å². The average Bonchev–Trinajstić information content (AvgIpc) is 2.85. The fourth-order valence-electron chi connectivity index (χ4n) is 3.32. The minimum absolute atomic E-state index is 0.243. The van der Waals surface area contributed by atoms with Crippen LogP contribution in [0.1, 0.15) is 19.3 Å². The number of benzene rings is 1. The Balaban J connectivity index is 1.63. The van der Waals surface area contributed by atoms with E-state index in [1.807, 2.05) is 23.1 Å². The number of rotatable bonds is 1. The Hall–Kier alpha value is -1.55. The molecule has 1 aromatic rings. The van der Waals surface area contributed by atoms with E-state index >= 15 is 0 Å². The van der Waals surface area contributed by atoms with Crippen LogP contribution in [0.15, 0.2) is 30.3 Å². The van der Waals surface area contributed by atoms with Crippen molar-refractivity contribution in [3.63, 3.8) is 0 Å². The summed E-state index contributed by atoms with van der Waals surface area (Å²) in [5, 5.41) is 0. The molecule has 1 aliphatic heterocycles. The number of carbonyl (C=O) groups excluding carboxylic acids is 1. The van der Waals surface area contributed by atoms with Gasteiger partial charge >= 0.3 is 6.09 Å². The maximum atomic E-state index is 12.1. The molecule has 2 N–H and O–H groups in total. The average molecular weight is 260 g/mol.